The molecule has 1 saturated heterocycles. The Labute approximate surface area is 110 Å². The highest BCUT2D eigenvalue weighted by atomic mass is 19.4. The van der Waals surface area contributed by atoms with Crippen LogP contribution in [0.5, 0.6) is 5.75 Å². The van der Waals surface area contributed by atoms with Crippen molar-refractivity contribution < 1.29 is 18.3 Å². The summed E-state index contributed by atoms with van der Waals surface area (Å²) in [5, 5.41) is 9.90. The van der Waals surface area contributed by atoms with Crippen LogP contribution in [0.1, 0.15) is 24.0 Å². The van der Waals surface area contributed by atoms with Gasteiger partial charge < -0.3 is 5.11 Å². The Hall–Kier alpha value is -1.23. The Balaban J connectivity index is 1.94. The number of rotatable bonds is 2. The van der Waals surface area contributed by atoms with Gasteiger partial charge in [0.15, 0.2) is 0 Å². The number of hydrogen-bond acceptors (Lipinski definition) is 2. The molecule has 1 aliphatic heterocycles. The fourth-order valence-corrected chi connectivity index (χ4v) is 2.51. The zero-order valence-electron chi connectivity index (χ0n) is 10.9. The average Bonchev–Trinajstić information content (AvgIpc) is 2.35. The van der Waals surface area contributed by atoms with Crippen LogP contribution in [-0.4, -0.2) is 29.3 Å². The molecule has 0 amide bonds. The molecule has 1 aliphatic rings. The van der Waals surface area contributed by atoms with E-state index in [0.717, 1.165) is 11.1 Å². The molecule has 0 bridgehead atoms. The Morgan fingerprint density at radius 1 is 1.26 bits per heavy atom. The first-order valence-electron chi connectivity index (χ1n) is 6.44. The summed E-state index contributed by atoms with van der Waals surface area (Å²) in [6.07, 6.45) is -3.77. The molecule has 0 radical (unpaired) electrons. The van der Waals surface area contributed by atoms with Crippen LogP contribution < -0.4 is 0 Å². The van der Waals surface area contributed by atoms with E-state index < -0.39 is 12.1 Å². The van der Waals surface area contributed by atoms with Gasteiger partial charge in [0, 0.05) is 12.1 Å². The van der Waals surface area contributed by atoms with Gasteiger partial charge in [-0.2, -0.15) is 13.2 Å². The summed E-state index contributed by atoms with van der Waals surface area (Å²) in [6.45, 7) is 3.18. The molecule has 0 atom stereocenters. The molecule has 1 aromatic carbocycles. The van der Waals surface area contributed by atoms with Crippen LogP contribution >= 0.6 is 0 Å². The number of alkyl halides is 3. The Bertz CT molecular complexity index is 437. The lowest BCUT2D eigenvalue weighted by Gasteiger charge is -2.33. The zero-order chi connectivity index (χ0) is 14.0. The van der Waals surface area contributed by atoms with E-state index in [4.69, 9.17) is 0 Å². The van der Waals surface area contributed by atoms with Crippen LogP contribution in [0.15, 0.2) is 18.2 Å². The maximum atomic E-state index is 12.6. The van der Waals surface area contributed by atoms with Gasteiger partial charge in [0.05, 0.1) is 5.92 Å². The molecule has 1 N–H and O–H groups in total. The average molecular weight is 273 g/mol. The van der Waals surface area contributed by atoms with E-state index in [-0.39, 0.29) is 18.6 Å². The van der Waals surface area contributed by atoms with Crippen LogP contribution in [0.25, 0.3) is 0 Å². The van der Waals surface area contributed by atoms with Crippen molar-refractivity contribution in [2.75, 3.05) is 13.1 Å². The predicted molar refractivity (Wildman–Crippen MR) is 66.9 cm³/mol. The third kappa shape index (κ3) is 3.41. The maximum Gasteiger partial charge on any atom is 0.391 e. The van der Waals surface area contributed by atoms with Crippen molar-refractivity contribution in [3.8, 4) is 5.75 Å². The number of hydrogen-bond donors (Lipinski definition) is 1. The third-order valence-electron chi connectivity index (χ3n) is 3.77. The standard InChI is InChI=1S/C14H18F3NO/c1-10-3-2-4-11(13(10)19)9-18-7-5-12(6-8-18)14(15,16)17/h2-4,12,19H,5-9H2,1H3. The molecule has 106 valence electrons. The molecule has 0 aliphatic carbocycles. The Morgan fingerprint density at radius 3 is 2.47 bits per heavy atom. The summed E-state index contributed by atoms with van der Waals surface area (Å²) in [6, 6.07) is 5.49. The highest BCUT2D eigenvalue weighted by molar-refractivity contribution is 5.39. The van der Waals surface area contributed by atoms with Crippen molar-refractivity contribution in [1.29, 1.82) is 0 Å². The van der Waals surface area contributed by atoms with E-state index in [1.165, 1.54) is 0 Å². The summed E-state index contributed by atoms with van der Waals surface area (Å²) in [5.41, 5.74) is 1.58. The molecule has 19 heavy (non-hydrogen) atoms. The largest absolute Gasteiger partial charge is 0.507 e. The molecule has 1 heterocycles. The molecule has 2 nitrogen and oxygen atoms in total. The number of benzene rings is 1. The molecular formula is C14H18F3NO. The van der Waals surface area contributed by atoms with Crippen LogP contribution in [0, 0.1) is 12.8 Å². The van der Waals surface area contributed by atoms with Crippen molar-refractivity contribution in [1.82, 2.24) is 4.90 Å². The normalized spacial score (nSPS) is 18.7. The number of aromatic hydroxyl groups is 1. The molecule has 1 fully saturated rings. The van der Waals surface area contributed by atoms with E-state index in [0.29, 0.717) is 19.6 Å². The van der Waals surface area contributed by atoms with Gasteiger partial charge in [-0.3, -0.25) is 4.90 Å². The van der Waals surface area contributed by atoms with Gasteiger partial charge in [-0.25, -0.2) is 0 Å². The Morgan fingerprint density at radius 2 is 1.89 bits per heavy atom. The predicted octanol–water partition coefficient (Wildman–Crippen LogP) is 3.47. The molecule has 5 heteroatoms. The first-order chi connectivity index (χ1) is 8.88. The minimum absolute atomic E-state index is 0.149. The van der Waals surface area contributed by atoms with Crippen LogP contribution in [0.2, 0.25) is 0 Å². The van der Waals surface area contributed by atoms with E-state index in [1.54, 1.807) is 0 Å². The summed E-state index contributed by atoms with van der Waals surface area (Å²) < 4.78 is 37.7. The maximum absolute atomic E-state index is 12.6. The fraction of sp³-hybridized carbons (Fsp3) is 0.571. The number of phenols is 1. The topological polar surface area (TPSA) is 23.5 Å². The minimum Gasteiger partial charge on any atom is -0.507 e. The molecule has 1 aromatic rings. The van der Waals surface area contributed by atoms with Gasteiger partial charge >= 0.3 is 6.18 Å². The fourth-order valence-electron chi connectivity index (χ4n) is 2.51. The van der Waals surface area contributed by atoms with Gasteiger partial charge in [-0.05, 0) is 38.4 Å². The third-order valence-corrected chi connectivity index (χ3v) is 3.77. The van der Waals surface area contributed by atoms with Gasteiger partial charge in [0.1, 0.15) is 5.75 Å². The minimum atomic E-state index is -4.07. The monoisotopic (exact) mass is 273 g/mol. The first-order valence-corrected chi connectivity index (χ1v) is 6.44. The van der Waals surface area contributed by atoms with E-state index in [9.17, 15) is 18.3 Å². The van der Waals surface area contributed by atoms with Gasteiger partial charge in [0.2, 0.25) is 0 Å². The summed E-state index contributed by atoms with van der Waals surface area (Å²) in [7, 11) is 0. The number of likely N-dealkylation sites (tertiary alicyclic amines) is 1. The van der Waals surface area contributed by atoms with Crippen molar-refractivity contribution in [3.05, 3.63) is 29.3 Å². The molecule has 0 unspecified atom stereocenters. The Kier molecular flexibility index (Phi) is 4.04. The van der Waals surface area contributed by atoms with Gasteiger partial charge in [-0.15, -0.1) is 0 Å². The van der Waals surface area contributed by atoms with Gasteiger partial charge in [0.25, 0.3) is 0 Å². The molecule has 0 saturated carbocycles. The van der Waals surface area contributed by atoms with Crippen LogP contribution in [0.3, 0.4) is 0 Å². The second-order valence-corrected chi connectivity index (χ2v) is 5.17. The highest BCUT2D eigenvalue weighted by Gasteiger charge is 2.40. The smallest absolute Gasteiger partial charge is 0.391 e. The van der Waals surface area contributed by atoms with Crippen molar-refractivity contribution in [3.63, 3.8) is 0 Å². The SMILES string of the molecule is Cc1cccc(CN2CCC(C(F)(F)F)CC2)c1O. The van der Waals surface area contributed by atoms with E-state index in [1.807, 2.05) is 30.0 Å². The zero-order valence-corrected chi connectivity index (χ0v) is 10.9. The highest BCUT2D eigenvalue weighted by Crippen LogP contribution is 2.34. The molecule has 0 aromatic heterocycles. The summed E-state index contributed by atoms with van der Waals surface area (Å²) in [5.74, 6) is -0.921. The number of para-hydroxylation sites is 1. The van der Waals surface area contributed by atoms with Crippen molar-refractivity contribution >= 4 is 0 Å². The van der Waals surface area contributed by atoms with E-state index in [2.05, 4.69) is 0 Å². The van der Waals surface area contributed by atoms with Crippen molar-refractivity contribution in [2.45, 2.75) is 32.5 Å². The summed E-state index contributed by atoms with van der Waals surface area (Å²) >= 11 is 0. The van der Waals surface area contributed by atoms with Gasteiger partial charge in [-0.1, -0.05) is 18.2 Å². The van der Waals surface area contributed by atoms with Crippen LogP contribution in [0.4, 0.5) is 13.2 Å². The first kappa shape index (κ1) is 14.2. The quantitative estimate of drug-likeness (QED) is 0.891. The van der Waals surface area contributed by atoms with Crippen LogP contribution in [-0.2, 0) is 6.54 Å². The molecular weight excluding hydrogens is 255 g/mol. The molecule has 2 rings (SSSR count). The second-order valence-electron chi connectivity index (χ2n) is 5.17. The number of phenolic OH excluding ortho intramolecular Hbond substituents is 1. The summed E-state index contributed by atoms with van der Waals surface area (Å²) in [4.78, 5) is 1.97. The number of aryl methyl sites for hydroxylation is 1. The van der Waals surface area contributed by atoms with E-state index >= 15 is 0 Å². The number of piperidine rings is 1. The lowest BCUT2D eigenvalue weighted by molar-refractivity contribution is -0.185. The lowest BCUT2D eigenvalue weighted by Crippen LogP contribution is -2.38. The molecule has 0 spiro atoms. The number of nitrogens with zero attached hydrogens (tertiary/aromatic N) is 1. The van der Waals surface area contributed by atoms with Crippen molar-refractivity contribution in [2.24, 2.45) is 5.92 Å². The number of halogens is 3. The lowest BCUT2D eigenvalue weighted by atomic mass is 9.96. The second kappa shape index (κ2) is 5.41.